The predicted octanol–water partition coefficient (Wildman–Crippen LogP) is 4.39. The minimum Gasteiger partial charge on any atom is -0.496 e. The van der Waals surface area contributed by atoms with Gasteiger partial charge in [0, 0.05) is 10.5 Å². The monoisotopic (exact) mass is 443 g/mol. The smallest absolute Gasteiger partial charge is 0.281 e. The molecule has 0 bridgehead atoms. The van der Waals surface area contributed by atoms with Gasteiger partial charge in [-0.25, -0.2) is 5.43 Å². The van der Waals surface area contributed by atoms with Crippen molar-refractivity contribution in [3.05, 3.63) is 80.5 Å². The Hall–Kier alpha value is -3.46. The number of nitro benzene ring substituents is 1. The van der Waals surface area contributed by atoms with Gasteiger partial charge in [0.05, 0.1) is 29.4 Å². The van der Waals surface area contributed by atoms with Gasteiger partial charge in [-0.15, -0.1) is 0 Å². The van der Waals surface area contributed by atoms with Crippen molar-refractivity contribution in [3.8, 4) is 17.1 Å². The van der Waals surface area contributed by atoms with Crippen LogP contribution in [0.4, 0.5) is 5.69 Å². The highest BCUT2D eigenvalue weighted by atomic mass is 79.9. The highest BCUT2D eigenvalue weighted by molar-refractivity contribution is 9.10. The summed E-state index contributed by atoms with van der Waals surface area (Å²) in [5, 5.41) is 15.1. The summed E-state index contributed by atoms with van der Waals surface area (Å²) < 4.78 is 11.3. The molecule has 2 aromatic carbocycles. The maximum absolute atomic E-state index is 12.2. The molecule has 1 aromatic heterocycles. The van der Waals surface area contributed by atoms with E-state index >= 15 is 0 Å². The van der Waals surface area contributed by atoms with Crippen molar-refractivity contribution in [1.82, 2.24) is 5.43 Å². The van der Waals surface area contributed by atoms with Crippen LogP contribution < -0.4 is 10.2 Å². The van der Waals surface area contributed by atoms with Crippen LogP contribution in [0.2, 0.25) is 0 Å². The molecule has 8 nitrogen and oxygen atoms in total. The van der Waals surface area contributed by atoms with Crippen molar-refractivity contribution in [3.63, 3.8) is 0 Å². The van der Waals surface area contributed by atoms with Crippen LogP contribution >= 0.6 is 15.9 Å². The van der Waals surface area contributed by atoms with E-state index in [0.717, 1.165) is 0 Å². The van der Waals surface area contributed by atoms with Gasteiger partial charge in [0.15, 0.2) is 0 Å². The maximum atomic E-state index is 12.2. The highest BCUT2D eigenvalue weighted by Crippen LogP contribution is 2.33. The largest absolute Gasteiger partial charge is 0.496 e. The van der Waals surface area contributed by atoms with Crippen molar-refractivity contribution in [1.29, 1.82) is 0 Å². The van der Waals surface area contributed by atoms with E-state index in [1.165, 1.54) is 19.4 Å². The Balaban J connectivity index is 1.75. The SMILES string of the molecule is COc1ccccc1C(=O)N/N=C\c1ccc(-c2ccc(Br)cc2[N+](=O)[O-])o1. The summed E-state index contributed by atoms with van der Waals surface area (Å²) in [5.74, 6) is 0.631. The van der Waals surface area contributed by atoms with Crippen LogP contribution in [-0.2, 0) is 0 Å². The van der Waals surface area contributed by atoms with Gasteiger partial charge in [0.25, 0.3) is 11.6 Å². The van der Waals surface area contributed by atoms with Gasteiger partial charge >= 0.3 is 0 Å². The molecular formula is C19H14BrN3O5. The number of hydrogen-bond acceptors (Lipinski definition) is 6. The van der Waals surface area contributed by atoms with E-state index in [1.807, 2.05) is 0 Å². The summed E-state index contributed by atoms with van der Waals surface area (Å²) in [6, 6.07) is 14.6. The number of carbonyl (C=O) groups is 1. The lowest BCUT2D eigenvalue weighted by atomic mass is 10.1. The molecule has 0 aliphatic carbocycles. The molecule has 142 valence electrons. The summed E-state index contributed by atoms with van der Waals surface area (Å²) in [4.78, 5) is 22.9. The number of carbonyl (C=O) groups excluding carboxylic acids is 1. The first kappa shape index (κ1) is 19.3. The van der Waals surface area contributed by atoms with Crippen molar-refractivity contribution >= 4 is 33.7 Å². The number of para-hydroxylation sites is 1. The van der Waals surface area contributed by atoms with Crippen LogP contribution in [-0.4, -0.2) is 24.2 Å². The first-order chi connectivity index (χ1) is 13.5. The van der Waals surface area contributed by atoms with Crippen molar-refractivity contribution in [2.24, 2.45) is 5.10 Å². The van der Waals surface area contributed by atoms with Crippen LogP contribution in [0.1, 0.15) is 16.1 Å². The van der Waals surface area contributed by atoms with Crippen LogP contribution in [0.15, 0.2) is 68.6 Å². The van der Waals surface area contributed by atoms with E-state index in [9.17, 15) is 14.9 Å². The number of ether oxygens (including phenoxy) is 1. The molecule has 1 amide bonds. The zero-order valence-electron chi connectivity index (χ0n) is 14.6. The second-order valence-corrected chi connectivity index (χ2v) is 6.44. The average molecular weight is 444 g/mol. The van der Waals surface area contributed by atoms with Gasteiger partial charge in [-0.2, -0.15) is 5.10 Å². The molecule has 0 unspecified atom stereocenters. The highest BCUT2D eigenvalue weighted by Gasteiger charge is 2.18. The minimum atomic E-state index is -0.482. The first-order valence-corrected chi connectivity index (χ1v) is 8.79. The van der Waals surface area contributed by atoms with Gasteiger partial charge in [0.1, 0.15) is 17.3 Å². The molecule has 3 aromatic rings. The fourth-order valence-corrected chi connectivity index (χ4v) is 2.83. The number of hydrazone groups is 1. The number of benzene rings is 2. The first-order valence-electron chi connectivity index (χ1n) is 8.00. The molecule has 0 aliphatic rings. The number of hydrogen-bond donors (Lipinski definition) is 1. The van der Waals surface area contributed by atoms with Crippen LogP contribution in [0.3, 0.4) is 0 Å². The lowest BCUT2D eigenvalue weighted by molar-refractivity contribution is -0.384. The normalized spacial score (nSPS) is 10.8. The second-order valence-electron chi connectivity index (χ2n) is 5.52. The van der Waals surface area contributed by atoms with Crippen molar-refractivity contribution in [2.45, 2.75) is 0 Å². The van der Waals surface area contributed by atoms with Crippen molar-refractivity contribution < 1.29 is 18.9 Å². The number of nitrogens with one attached hydrogen (secondary N) is 1. The van der Waals surface area contributed by atoms with Gasteiger partial charge in [0.2, 0.25) is 0 Å². The quantitative estimate of drug-likeness (QED) is 0.345. The molecular weight excluding hydrogens is 430 g/mol. The molecule has 3 rings (SSSR count). The van der Waals surface area contributed by atoms with Crippen LogP contribution in [0.5, 0.6) is 5.75 Å². The van der Waals surface area contributed by atoms with E-state index in [2.05, 4.69) is 26.5 Å². The molecule has 0 spiro atoms. The Kier molecular flexibility index (Phi) is 5.85. The molecule has 0 fully saturated rings. The van der Waals surface area contributed by atoms with E-state index in [-0.39, 0.29) is 5.69 Å². The summed E-state index contributed by atoms with van der Waals surface area (Å²) in [6.07, 6.45) is 1.31. The second kappa shape index (κ2) is 8.49. The zero-order valence-corrected chi connectivity index (χ0v) is 16.2. The molecule has 28 heavy (non-hydrogen) atoms. The third-order valence-corrected chi connectivity index (χ3v) is 4.25. The third kappa shape index (κ3) is 4.26. The zero-order chi connectivity index (χ0) is 20.1. The molecule has 0 atom stereocenters. The Labute approximate surface area is 168 Å². The molecule has 0 radical (unpaired) electrons. The van der Waals surface area contributed by atoms with E-state index in [1.54, 1.807) is 48.5 Å². The van der Waals surface area contributed by atoms with Gasteiger partial charge in [-0.1, -0.05) is 28.1 Å². The molecule has 0 saturated carbocycles. The molecule has 1 heterocycles. The predicted molar refractivity (Wildman–Crippen MR) is 107 cm³/mol. The number of rotatable bonds is 6. The number of halogens is 1. The fraction of sp³-hybridized carbons (Fsp3) is 0.0526. The number of furan rings is 1. The molecule has 9 heteroatoms. The molecule has 1 N–H and O–H groups in total. The number of amides is 1. The number of nitro groups is 1. The van der Waals surface area contributed by atoms with Gasteiger partial charge in [-0.05, 0) is 36.4 Å². The summed E-state index contributed by atoms with van der Waals surface area (Å²) >= 11 is 3.21. The lowest BCUT2D eigenvalue weighted by Gasteiger charge is -2.05. The van der Waals surface area contributed by atoms with Crippen LogP contribution in [0.25, 0.3) is 11.3 Å². The Morgan fingerprint density at radius 2 is 2.04 bits per heavy atom. The Morgan fingerprint density at radius 3 is 2.79 bits per heavy atom. The average Bonchev–Trinajstić information content (AvgIpc) is 3.16. The topological polar surface area (TPSA) is 107 Å². The molecule has 0 saturated heterocycles. The number of nitrogens with zero attached hydrogens (tertiary/aromatic N) is 2. The fourth-order valence-electron chi connectivity index (χ4n) is 2.48. The van der Waals surface area contributed by atoms with Crippen LogP contribution in [0, 0.1) is 10.1 Å². The Bertz CT molecular complexity index is 1060. The molecule has 0 aliphatic heterocycles. The Morgan fingerprint density at radius 1 is 1.25 bits per heavy atom. The van der Waals surface area contributed by atoms with E-state index in [4.69, 9.17) is 9.15 Å². The van der Waals surface area contributed by atoms with Gasteiger partial charge < -0.3 is 9.15 Å². The lowest BCUT2D eigenvalue weighted by Crippen LogP contribution is -2.18. The summed E-state index contributed by atoms with van der Waals surface area (Å²) in [6.45, 7) is 0. The summed E-state index contributed by atoms with van der Waals surface area (Å²) in [5.41, 5.74) is 2.98. The van der Waals surface area contributed by atoms with E-state index in [0.29, 0.717) is 32.9 Å². The third-order valence-electron chi connectivity index (χ3n) is 3.76. The maximum Gasteiger partial charge on any atom is 0.281 e. The van der Waals surface area contributed by atoms with Crippen molar-refractivity contribution in [2.75, 3.05) is 7.11 Å². The summed E-state index contributed by atoms with van der Waals surface area (Å²) in [7, 11) is 1.47. The minimum absolute atomic E-state index is 0.0864. The number of methoxy groups -OCH3 is 1. The standard InChI is InChI=1S/C19H14BrN3O5/c1-27-17-5-3-2-4-15(17)19(24)22-21-11-13-7-9-18(28-13)14-8-6-12(20)10-16(14)23(25)26/h2-11H,1H3,(H,22,24)/b21-11-. The van der Waals surface area contributed by atoms with Gasteiger partial charge in [-0.3, -0.25) is 14.9 Å². The van der Waals surface area contributed by atoms with E-state index < -0.39 is 10.8 Å².